The largest absolute Gasteiger partial charge is 0.315 e. The van der Waals surface area contributed by atoms with Crippen LogP contribution in [0.15, 0.2) is 36.5 Å². The molecule has 2 amide bonds. The topological polar surface area (TPSA) is 67.2 Å². The first-order valence-electron chi connectivity index (χ1n) is 9.37. The summed E-state index contributed by atoms with van der Waals surface area (Å²) in [5.41, 5.74) is 2.43. The van der Waals surface area contributed by atoms with Crippen molar-refractivity contribution in [2.45, 2.75) is 50.6 Å². The first-order valence-corrected chi connectivity index (χ1v) is 10.4. The zero-order valence-electron chi connectivity index (χ0n) is 15.6. The number of amides is 2. The summed E-state index contributed by atoms with van der Waals surface area (Å²) in [6, 6.07) is 9.80. The Kier molecular flexibility index (Phi) is 4.72. The first kappa shape index (κ1) is 18.1. The summed E-state index contributed by atoms with van der Waals surface area (Å²) in [5, 5.41) is 7.32. The zero-order valence-corrected chi connectivity index (χ0v) is 16.5. The monoisotopic (exact) mass is 384 g/mol. The molecule has 0 bridgehead atoms. The van der Waals surface area contributed by atoms with Gasteiger partial charge in [-0.25, -0.2) is 4.68 Å². The summed E-state index contributed by atoms with van der Waals surface area (Å²) in [6.07, 6.45) is 4.03. The highest BCUT2D eigenvalue weighted by molar-refractivity contribution is 8.01. The molecule has 0 aliphatic carbocycles. The van der Waals surface area contributed by atoms with Crippen LogP contribution in [0.25, 0.3) is 0 Å². The number of aryl methyl sites for hydroxylation is 1. The molecule has 6 nitrogen and oxygen atoms in total. The Morgan fingerprint density at radius 2 is 2.04 bits per heavy atom. The van der Waals surface area contributed by atoms with Crippen LogP contribution in [0.1, 0.15) is 37.8 Å². The minimum absolute atomic E-state index is 0.0761. The maximum Gasteiger partial charge on any atom is 0.249 e. The van der Waals surface area contributed by atoms with Crippen molar-refractivity contribution in [1.82, 2.24) is 14.7 Å². The van der Waals surface area contributed by atoms with E-state index in [1.165, 1.54) is 5.56 Å². The molecule has 0 unspecified atom stereocenters. The molecule has 2 saturated heterocycles. The molecule has 0 spiro atoms. The van der Waals surface area contributed by atoms with Gasteiger partial charge in [0.05, 0.1) is 17.6 Å². The number of rotatable bonds is 5. The van der Waals surface area contributed by atoms with Crippen LogP contribution in [0, 0.1) is 0 Å². The molecule has 7 heteroatoms. The lowest BCUT2D eigenvalue weighted by molar-refractivity contribution is -0.135. The average molecular weight is 385 g/mol. The summed E-state index contributed by atoms with van der Waals surface area (Å²) in [5.74, 6) is 1.24. The van der Waals surface area contributed by atoms with Crippen molar-refractivity contribution in [3.63, 3.8) is 0 Å². The van der Waals surface area contributed by atoms with Crippen LogP contribution in [0.2, 0.25) is 0 Å². The standard InChI is InChI=1S/C20H24N4O2S/c1-3-14-4-6-15(7-5-14)12-23-17(9-11-21-23)22-19(26)16-13-27-20(2)10-8-18(25)24(16)20/h4-7,9,11,16H,3,8,10,12-13H2,1-2H3,(H,22,26)/t16-,20-/m0/s1. The Hall–Kier alpha value is -2.28. The van der Waals surface area contributed by atoms with Gasteiger partial charge in [-0.2, -0.15) is 5.10 Å². The van der Waals surface area contributed by atoms with Crippen LogP contribution in [-0.2, 0) is 22.6 Å². The second-order valence-electron chi connectivity index (χ2n) is 7.30. The Balaban J connectivity index is 1.46. The molecule has 3 heterocycles. The molecule has 142 valence electrons. The van der Waals surface area contributed by atoms with Crippen molar-refractivity contribution >= 4 is 29.4 Å². The van der Waals surface area contributed by atoms with Crippen LogP contribution in [-0.4, -0.2) is 43.2 Å². The van der Waals surface area contributed by atoms with E-state index in [9.17, 15) is 9.59 Å². The van der Waals surface area contributed by atoms with E-state index >= 15 is 0 Å². The number of nitrogens with one attached hydrogen (secondary N) is 1. The molecule has 0 saturated carbocycles. The maximum atomic E-state index is 12.9. The SMILES string of the molecule is CCc1ccc(Cn2nccc2NC(=O)[C@@H]2CS[C@@]3(C)CCC(=O)N23)cc1. The zero-order chi connectivity index (χ0) is 19.0. The van der Waals surface area contributed by atoms with Crippen molar-refractivity contribution < 1.29 is 9.59 Å². The normalized spacial score (nSPS) is 24.3. The maximum absolute atomic E-state index is 12.9. The Labute approximate surface area is 163 Å². The third-order valence-corrected chi connectivity index (χ3v) is 6.98. The predicted molar refractivity (Wildman–Crippen MR) is 107 cm³/mol. The highest BCUT2D eigenvalue weighted by atomic mass is 32.2. The third kappa shape index (κ3) is 3.36. The molecule has 4 rings (SSSR count). The third-order valence-electron chi connectivity index (χ3n) is 5.48. The minimum atomic E-state index is -0.415. The van der Waals surface area contributed by atoms with Gasteiger partial charge in [0.1, 0.15) is 11.9 Å². The number of benzene rings is 1. The van der Waals surface area contributed by atoms with Crippen molar-refractivity contribution in [2.75, 3.05) is 11.1 Å². The lowest BCUT2D eigenvalue weighted by atomic mass is 10.1. The Bertz CT molecular complexity index is 863. The van der Waals surface area contributed by atoms with E-state index in [1.807, 2.05) is 0 Å². The van der Waals surface area contributed by atoms with Crippen LogP contribution in [0.3, 0.4) is 0 Å². The smallest absolute Gasteiger partial charge is 0.249 e. The van der Waals surface area contributed by atoms with Gasteiger partial charge in [-0.05, 0) is 30.9 Å². The summed E-state index contributed by atoms with van der Waals surface area (Å²) in [4.78, 5) is 26.7. The quantitative estimate of drug-likeness (QED) is 0.861. The Morgan fingerprint density at radius 1 is 1.30 bits per heavy atom. The number of nitrogens with zero attached hydrogens (tertiary/aromatic N) is 3. The number of hydrogen-bond acceptors (Lipinski definition) is 4. The van der Waals surface area contributed by atoms with Crippen LogP contribution in [0.4, 0.5) is 5.82 Å². The molecule has 0 radical (unpaired) electrons. The second kappa shape index (κ2) is 7.03. The molecule has 2 atom stereocenters. The summed E-state index contributed by atoms with van der Waals surface area (Å²) in [7, 11) is 0. The van der Waals surface area contributed by atoms with Gasteiger partial charge in [-0.15, -0.1) is 11.8 Å². The van der Waals surface area contributed by atoms with Gasteiger partial charge >= 0.3 is 0 Å². The summed E-state index contributed by atoms with van der Waals surface area (Å²) >= 11 is 1.70. The molecule has 27 heavy (non-hydrogen) atoms. The average Bonchev–Trinajstić information content (AvgIpc) is 3.32. The number of carbonyl (C=O) groups is 2. The predicted octanol–water partition coefficient (Wildman–Crippen LogP) is 2.89. The number of anilines is 1. The van der Waals surface area contributed by atoms with Gasteiger partial charge in [0.2, 0.25) is 11.8 Å². The van der Waals surface area contributed by atoms with Crippen molar-refractivity contribution in [2.24, 2.45) is 0 Å². The van der Waals surface area contributed by atoms with Gasteiger partial charge in [-0.3, -0.25) is 9.59 Å². The van der Waals surface area contributed by atoms with E-state index in [0.29, 0.717) is 24.5 Å². The molecule has 2 aromatic rings. The highest BCUT2D eigenvalue weighted by Crippen LogP contribution is 2.47. The lowest BCUT2D eigenvalue weighted by Gasteiger charge is -2.29. The highest BCUT2D eigenvalue weighted by Gasteiger charge is 2.52. The van der Waals surface area contributed by atoms with Crippen LogP contribution in [0.5, 0.6) is 0 Å². The molecule has 2 fully saturated rings. The fourth-order valence-corrected chi connectivity index (χ4v) is 5.27. The lowest BCUT2D eigenvalue weighted by Crippen LogP contribution is -2.48. The molecule has 1 aromatic carbocycles. The molecular formula is C20H24N4O2S. The molecule has 1 N–H and O–H groups in total. The van der Waals surface area contributed by atoms with Crippen LogP contribution < -0.4 is 5.32 Å². The number of thioether (sulfide) groups is 1. The van der Waals surface area contributed by atoms with Gasteiger partial charge in [0.15, 0.2) is 0 Å². The van der Waals surface area contributed by atoms with E-state index in [-0.39, 0.29) is 16.7 Å². The molecule has 2 aliphatic rings. The Morgan fingerprint density at radius 3 is 2.78 bits per heavy atom. The minimum Gasteiger partial charge on any atom is -0.315 e. The van der Waals surface area contributed by atoms with Gasteiger partial charge in [0.25, 0.3) is 0 Å². The molecule has 2 aliphatic heterocycles. The van der Waals surface area contributed by atoms with E-state index in [4.69, 9.17) is 0 Å². The van der Waals surface area contributed by atoms with Gasteiger partial charge in [0, 0.05) is 18.2 Å². The fourth-order valence-electron chi connectivity index (χ4n) is 3.84. The van der Waals surface area contributed by atoms with E-state index in [2.05, 4.69) is 48.5 Å². The molecule has 1 aromatic heterocycles. The first-order chi connectivity index (χ1) is 13.0. The van der Waals surface area contributed by atoms with Gasteiger partial charge < -0.3 is 10.2 Å². The van der Waals surface area contributed by atoms with Crippen molar-refractivity contribution in [3.05, 3.63) is 47.7 Å². The van der Waals surface area contributed by atoms with Crippen LogP contribution >= 0.6 is 11.8 Å². The van der Waals surface area contributed by atoms with Crippen molar-refractivity contribution in [3.8, 4) is 0 Å². The molecular weight excluding hydrogens is 360 g/mol. The summed E-state index contributed by atoms with van der Waals surface area (Å²) in [6.45, 7) is 4.78. The number of hydrogen-bond donors (Lipinski definition) is 1. The number of carbonyl (C=O) groups excluding carboxylic acids is 2. The second-order valence-corrected chi connectivity index (χ2v) is 8.80. The van der Waals surface area contributed by atoms with E-state index in [1.54, 1.807) is 33.6 Å². The summed E-state index contributed by atoms with van der Waals surface area (Å²) < 4.78 is 1.78. The number of fused-ring (bicyclic) bond motifs is 1. The van der Waals surface area contributed by atoms with Crippen molar-refractivity contribution in [1.29, 1.82) is 0 Å². The fraction of sp³-hybridized carbons (Fsp3) is 0.450. The van der Waals surface area contributed by atoms with Gasteiger partial charge in [-0.1, -0.05) is 31.2 Å². The van der Waals surface area contributed by atoms with E-state index in [0.717, 1.165) is 18.4 Å². The number of aromatic nitrogens is 2. The van der Waals surface area contributed by atoms with E-state index < -0.39 is 6.04 Å².